The molecule has 0 aliphatic heterocycles. The Labute approximate surface area is 117 Å². The lowest BCUT2D eigenvalue weighted by molar-refractivity contribution is 0.177. The van der Waals surface area contributed by atoms with Gasteiger partial charge in [0.25, 0.3) is 0 Å². The maximum atomic E-state index is 13.5. The molecule has 1 unspecified atom stereocenters. The minimum atomic E-state index is -0.795. The van der Waals surface area contributed by atoms with Crippen molar-refractivity contribution in [2.24, 2.45) is 0 Å². The first kappa shape index (κ1) is 14.7. The first-order chi connectivity index (χ1) is 9.47. The molecule has 3 heteroatoms. The van der Waals surface area contributed by atoms with Gasteiger partial charge in [0, 0.05) is 12.5 Å². The van der Waals surface area contributed by atoms with E-state index < -0.39 is 17.7 Å². The van der Waals surface area contributed by atoms with Crippen molar-refractivity contribution in [2.75, 3.05) is 0 Å². The highest BCUT2D eigenvalue weighted by Crippen LogP contribution is 2.23. The standard InChI is InChI=1S/C17H18F2O/c1-11(2)12-3-5-13(6-4-12)17(20)9-14-7-8-15(18)10-16(14)19/h3-8,10-11,17,20H,9H2,1-2H3. The zero-order valence-corrected chi connectivity index (χ0v) is 11.6. The monoisotopic (exact) mass is 276 g/mol. The van der Waals surface area contributed by atoms with Crippen LogP contribution in [0.5, 0.6) is 0 Å². The third-order valence-electron chi connectivity index (χ3n) is 3.42. The lowest BCUT2D eigenvalue weighted by Gasteiger charge is -2.13. The summed E-state index contributed by atoms with van der Waals surface area (Å²) in [5.74, 6) is -0.805. The van der Waals surface area contributed by atoms with Crippen molar-refractivity contribution < 1.29 is 13.9 Å². The Morgan fingerprint density at radius 1 is 0.950 bits per heavy atom. The number of benzene rings is 2. The number of aliphatic hydroxyl groups is 1. The average molecular weight is 276 g/mol. The van der Waals surface area contributed by atoms with E-state index in [4.69, 9.17) is 0 Å². The summed E-state index contributed by atoms with van der Waals surface area (Å²) >= 11 is 0. The van der Waals surface area contributed by atoms with Gasteiger partial charge in [0.1, 0.15) is 11.6 Å². The first-order valence-corrected chi connectivity index (χ1v) is 6.69. The van der Waals surface area contributed by atoms with Crippen molar-refractivity contribution in [1.29, 1.82) is 0 Å². The molecule has 0 fully saturated rings. The van der Waals surface area contributed by atoms with E-state index in [2.05, 4.69) is 13.8 Å². The van der Waals surface area contributed by atoms with Gasteiger partial charge in [-0.2, -0.15) is 0 Å². The molecular formula is C17H18F2O. The minimum Gasteiger partial charge on any atom is -0.388 e. The molecule has 2 rings (SSSR count). The summed E-state index contributed by atoms with van der Waals surface area (Å²) in [5, 5.41) is 10.1. The molecule has 0 amide bonds. The van der Waals surface area contributed by atoms with Crippen LogP contribution in [0, 0.1) is 11.6 Å². The predicted octanol–water partition coefficient (Wildman–Crippen LogP) is 4.36. The SMILES string of the molecule is CC(C)c1ccc(C(O)Cc2ccc(F)cc2F)cc1. The second kappa shape index (κ2) is 6.14. The fourth-order valence-corrected chi connectivity index (χ4v) is 2.12. The van der Waals surface area contributed by atoms with E-state index >= 15 is 0 Å². The summed E-state index contributed by atoms with van der Waals surface area (Å²) in [6.07, 6.45) is -0.663. The van der Waals surface area contributed by atoms with Crippen LogP contribution in [0.1, 0.15) is 42.6 Å². The molecule has 1 N–H and O–H groups in total. The quantitative estimate of drug-likeness (QED) is 0.879. The van der Waals surface area contributed by atoms with Crippen LogP contribution >= 0.6 is 0 Å². The highest BCUT2D eigenvalue weighted by molar-refractivity contribution is 5.28. The fourth-order valence-electron chi connectivity index (χ4n) is 2.12. The Bertz CT molecular complexity index is 576. The molecule has 2 aromatic rings. The Morgan fingerprint density at radius 2 is 1.55 bits per heavy atom. The van der Waals surface area contributed by atoms with Crippen molar-refractivity contribution >= 4 is 0 Å². The van der Waals surface area contributed by atoms with Crippen molar-refractivity contribution in [3.8, 4) is 0 Å². The van der Waals surface area contributed by atoms with E-state index in [9.17, 15) is 13.9 Å². The zero-order chi connectivity index (χ0) is 14.7. The van der Waals surface area contributed by atoms with Crippen LogP contribution in [-0.2, 0) is 6.42 Å². The van der Waals surface area contributed by atoms with Crippen molar-refractivity contribution in [3.63, 3.8) is 0 Å². The molecule has 106 valence electrons. The Kier molecular flexibility index (Phi) is 4.50. The number of halogens is 2. The molecule has 0 aliphatic rings. The van der Waals surface area contributed by atoms with Crippen LogP contribution in [0.4, 0.5) is 8.78 Å². The molecule has 20 heavy (non-hydrogen) atoms. The van der Waals surface area contributed by atoms with Gasteiger partial charge in [0.15, 0.2) is 0 Å². The summed E-state index contributed by atoms with van der Waals surface area (Å²) in [7, 11) is 0. The summed E-state index contributed by atoms with van der Waals surface area (Å²) < 4.78 is 26.4. The number of aliphatic hydroxyl groups excluding tert-OH is 1. The third kappa shape index (κ3) is 3.42. The van der Waals surface area contributed by atoms with Gasteiger partial charge < -0.3 is 5.11 Å². The summed E-state index contributed by atoms with van der Waals surface area (Å²) in [4.78, 5) is 0. The fraction of sp³-hybridized carbons (Fsp3) is 0.294. The second-order valence-corrected chi connectivity index (χ2v) is 5.28. The molecule has 0 spiro atoms. The summed E-state index contributed by atoms with van der Waals surface area (Å²) in [6, 6.07) is 11.0. The number of rotatable bonds is 4. The molecule has 0 aliphatic carbocycles. The smallest absolute Gasteiger partial charge is 0.129 e. The van der Waals surface area contributed by atoms with E-state index in [-0.39, 0.29) is 6.42 Å². The van der Waals surface area contributed by atoms with Crippen LogP contribution < -0.4 is 0 Å². The van der Waals surface area contributed by atoms with E-state index in [1.54, 1.807) is 0 Å². The molecule has 0 heterocycles. The second-order valence-electron chi connectivity index (χ2n) is 5.28. The lowest BCUT2D eigenvalue weighted by Crippen LogP contribution is -2.04. The lowest BCUT2D eigenvalue weighted by atomic mass is 9.97. The largest absolute Gasteiger partial charge is 0.388 e. The molecule has 0 bridgehead atoms. The maximum absolute atomic E-state index is 13.5. The molecule has 0 aromatic heterocycles. The van der Waals surface area contributed by atoms with Gasteiger partial charge in [-0.25, -0.2) is 8.78 Å². The summed E-state index contributed by atoms with van der Waals surface area (Å²) in [6.45, 7) is 4.19. The Morgan fingerprint density at radius 3 is 2.10 bits per heavy atom. The van der Waals surface area contributed by atoms with E-state index in [0.717, 1.165) is 11.6 Å². The van der Waals surface area contributed by atoms with E-state index in [0.29, 0.717) is 11.5 Å². The van der Waals surface area contributed by atoms with E-state index in [1.807, 2.05) is 24.3 Å². The first-order valence-electron chi connectivity index (χ1n) is 6.69. The Hall–Kier alpha value is -1.74. The van der Waals surface area contributed by atoms with Gasteiger partial charge in [0.2, 0.25) is 0 Å². The molecule has 0 saturated heterocycles. The molecule has 2 aromatic carbocycles. The van der Waals surface area contributed by atoms with Crippen LogP contribution in [-0.4, -0.2) is 5.11 Å². The molecule has 0 saturated carbocycles. The average Bonchev–Trinajstić information content (AvgIpc) is 2.42. The maximum Gasteiger partial charge on any atom is 0.129 e. The predicted molar refractivity (Wildman–Crippen MR) is 75.6 cm³/mol. The van der Waals surface area contributed by atoms with Crippen molar-refractivity contribution in [1.82, 2.24) is 0 Å². The highest BCUT2D eigenvalue weighted by atomic mass is 19.1. The van der Waals surface area contributed by atoms with Crippen LogP contribution in [0.15, 0.2) is 42.5 Å². The number of hydrogen-bond acceptors (Lipinski definition) is 1. The minimum absolute atomic E-state index is 0.132. The van der Waals surface area contributed by atoms with Gasteiger partial charge in [-0.1, -0.05) is 44.2 Å². The Balaban J connectivity index is 2.13. The highest BCUT2D eigenvalue weighted by Gasteiger charge is 2.12. The van der Waals surface area contributed by atoms with Gasteiger partial charge in [-0.15, -0.1) is 0 Å². The molecule has 0 radical (unpaired) electrons. The molecule has 1 nitrogen and oxygen atoms in total. The van der Waals surface area contributed by atoms with Gasteiger partial charge in [0.05, 0.1) is 6.10 Å². The van der Waals surface area contributed by atoms with Crippen LogP contribution in [0.25, 0.3) is 0 Å². The van der Waals surface area contributed by atoms with Crippen molar-refractivity contribution in [2.45, 2.75) is 32.3 Å². The third-order valence-corrected chi connectivity index (χ3v) is 3.42. The van der Waals surface area contributed by atoms with Gasteiger partial charge in [-0.3, -0.25) is 0 Å². The summed E-state index contributed by atoms with van der Waals surface area (Å²) in [5.41, 5.74) is 2.24. The van der Waals surface area contributed by atoms with E-state index in [1.165, 1.54) is 17.7 Å². The molecule has 1 atom stereocenters. The number of hydrogen-bond donors (Lipinski definition) is 1. The topological polar surface area (TPSA) is 20.2 Å². The van der Waals surface area contributed by atoms with Crippen LogP contribution in [0.3, 0.4) is 0 Å². The van der Waals surface area contributed by atoms with Crippen molar-refractivity contribution in [3.05, 3.63) is 70.8 Å². The van der Waals surface area contributed by atoms with Crippen LogP contribution in [0.2, 0.25) is 0 Å². The van der Waals surface area contributed by atoms with Gasteiger partial charge >= 0.3 is 0 Å². The zero-order valence-electron chi connectivity index (χ0n) is 11.6. The van der Waals surface area contributed by atoms with Gasteiger partial charge in [-0.05, 0) is 28.7 Å². The normalized spacial score (nSPS) is 12.7. The molecular weight excluding hydrogens is 258 g/mol.